The van der Waals surface area contributed by atoms with Gasteiger partial charge in [-0.15, -0.1) is 10.2 Å². The Morgan fingerprint density at radius 3 is 2.57 bits per heavy atom. The Morgan fingerprint density at radius 2 is 2.04 bits per heavy atom. The van der Waals surface area contributed by atoms with Gasteiger partial charge in [0.1, 0.15) is 6.04 Å². The summed E-state index contributed by atoms with van der Waals surface area (Å²) in [5.74, 6) is 1.36. The molecule has 1 amide bonds. The zero-order valence-electron chi connectivity index (χ0n) is 14.7. The van der Waals surface area contributed by atoms with Gasteiger partial charge in [0.2, 0.25) is 17.7 Å². The van der Waals surface area contributed by atoms with Crippen molar-refractivity contribution in [3.8, 4) is 0 Å². The van der Waals surface area contributed by atoms with E-state index in [-0.39, 0.29) is 23.3 Å². The van der Waals surface area contributed by atoms with Gasteiger partial charge in [-0.25, -0.2) is 0 Å². The standard InChI is InChI=1S/C17H28N4O2/c1-5-20-8-6-17(7-9-20)10-14(15-19-18-13(4)23-15)21(11-17)16(22)12(2)3/h12,14H,5-11H2,1-4H3. The maximum Gasteiger partial charge on any atom is 0.238 e. The van der Waals surface area contributed by atoms with Crippen LogP contribution in [0.5, 0.6) is 0 Å². The average molecular weight is 320 g/mol. The zero-order chi connectivity index (χ0) is 16.6. The van der Waals surface area contributed by atoms with Gasteiger partial charge in [-0.3, -0.25) is 4.79 Å². The largest absolute Gasteiger partial charge is 0.423 e. The summed E-state index contributed by atoms with van der Waals surface area (Å²) in [6.07, 6.45) is 3.24. The van der Waals surface area contributed by atoms with Crippen LogP contribution in [0.1, 0.15) is 57.9 Å². The van der Waals surface area contributed by atoms with Crippen LogP contribution < -0.4 is 0 Å². The topological polar surface area (TPSA) is 62.5 Å². The molecule has 1 aromatic rings. The van der Waals surface area contributed by atoms with E-state index in [2.05, 4.69) is 22.0 Å². The molecule has 1 atom stereocenters. The Hall–Kier alpha value is -1.43. The quantitative estimate of drug-likeness (QED) is 0.856. The Morgan fingerprint density at radius 1 is 1.35 bits per heavy atom. The minimum atomic E-state index is -0.0562. The Kier molecular flexibility index (Phi) is 4.45. The summed E-state index contributed by atoms with van der Waals surface area (Å²) < 4.78 is 5.68. The van der Waals surface area contributed by atoms with Crippen LogP contribution in [-0.2, 0) is 4.79 Å². The molecule has 0 aliphatic carbocycles. The highest BCUT2D eigenvalue weighted by molar-refractivity contribution is 5.79. The molecule has 0 radical (unpaired) electrons. The third-order valence-electron chi connectivity index (χ3n) is 5.48. The molecule has 1 aromatic heterocycles. The lowest BCUT2D eigenvalue weighted by atomic mass is 9.76. The molecule has 2 saturated heterocycles. The van der Waals surface area contributed by atoms with Crippen molar-refractivity contribution >= 4 is 5.91 Å². The molecule has 2 aliphatic heterocycles. The minimum Gasteiger partial charge on any atom is -0.423 e. The number of rotatable bonds is 3. The fraction of sp³-hybridized carbons (Fsp3) is 0.824. The van der Waals surface area contributed by atoms with E-state index in [0.717, 1.165) is 45.4 Å². The fourth-order valence-electron chi connectivity index (χ4n) is 3.99. The SMILES string of the molecule is CCN1CCC2(CC1)CC(c1nnc(C)o1)N(C(=O)C(C)C)C2. The fourth-order valence-corrected chi connectivity index (χ4v) is 3.99. The van der Waals surface area contributed by atoms with Crippen molar-refractivity contribution in [2.24, 2.45) is 11.3 Å². The normalized spacial score (nSPS) is 24.7. The zero-order valence-corrected chi connectivity index (χ0v) is 14.7. The molecule has 0 N–H and O–H groups in total. The van der Waals surface area contributed by atoms with Crippen LogP contribution in [0.3, 0.4) is 0 Å². The van der Waals surface area contributed by atoms with Gasteiger partial charge in [0, 0.05) is 19.4 Å². The van der Waals surface area contributed by atoms with Crippen LogP contribution in [0, 0.1) is 18.3 Å². The van der Waals surface area contributed by atoms with Gasteiger partial charge in [0.05, 0.1) is 0 Å². The number of carbonyl (C=O) groups excluding carboxylic acids is 1. The number of likely N-dealkylation sites (tertiary alicyclic amines) is 2. The van der Waals surface area contributed by atoms with E-state index in [1.54, 1.807) is 6.92 Å². The number of aryl methyl sites for hydroxylation is 1. The number of hydrogen-bond donors (Lipinski definition) is 0. The van der Waals surface area contributed by atoms with Crippen molar-refractivity contribution in [2.45, 2.75) is 53.0 Å². The van der Waals surface area contributed by atoms with E-state index in [0.29, 0.717) is 11.8 Å². The lowest BCUT2D eigenvalue weighted by Gasteiger charge is -2.38. The molecule has 2 aliphatic rings. The predicted octanol–water partition coefficient (Wildman–Crippen LogP) is 2.41. The molecule has 1 spiro atoms. The van der Waals surface area contributed by atoms with Gasteiger partial charge in [-0.2, -0.15) is 0 Å². The first-order valence-electron chi connectivity index (χ1n) is 8.77. The van der Waals surface area contributed by atoms with E-state index in [9.17, 15) is 4.79 Å². The summed E-state index contributed by atoms with van der Waals surface area (Å²) in [7, 11) is 0. The number of nitrogens with zero attached hydrogens (tertiary/aromatic N) is 4. The van der Waals surface area contributed by atoms with Gasteiger partial charge < -0.3 is 14.2 Å². The summed E-state index contributed by atoms with van der Waals surface area (Å²) >= 11 is 0. The van der Waals surface area contributed by atoms with Crippen molar-refractivity contribution < 1.29 is 9.21 Å². The molecule has 6 nitrogen and oxygen atoms in total. The molecule has 6 heteroatoms. The van der Waals surface area contributed by atoms with Crippen molar-refractivity contribution in [2.75, 3.05) is 26.2 Å². The molecule has 0 bridgehead atoms. The van der Waals surface area contributed by atoms with Crippen LogP contribution >= 0.6 is 0 Å². The summed E-state index contributed by atoms with van der Waals surface area (Å²) in [5, 5.41) is 8.17. The van der Waals surface area contributed by atoms with E-state index >= 15 is 0 Å². The molecule has 128 valence electrons. The highest BCUT2D eigenvalue weighted by Gasteiger charge is 2.49. The monoisotopic (exact) mass is 320 g/mol. The highest BCUT2D eigenvalue weighted by atomic mass is 16.4. The van der Waals surface area contributed by atoms with E-state index < -0.39 is 0 Å². The first-order valence-corrected chi connectivity index (χ1v) is 8.77. The van der Waals surface area contributed by atoms with Crippen molar-refractivity contribution in [3.05, 3.63) is 11.8 Å². The Balaban J connectivity index is 1.83. The molecular formula is C17H28N4O2. The first-order chi connectivity index (χ1) is 10.9. The minimum absolute atomic E-state index is 0.00704. The summed E-state index contributed by atoms with van der Waals surface area (Å²) in [6.45, 7) is 12.1. The maximum absolute atomic E-state index is 12.7. The lowest BCUT2D eigenvalue weighted by molar-refractivity contribution is -0.136. The van der Waals surface area contributed by atoms with E-state index in [1.165, 1.54) is 0 Å². The second kappa shape index (κ2) is 6.23. The summed E-state index contributed by atoms with van der Waals surface area (Å²) in [6, 6.07) is -0.0562. The second-order valence-electron chi connectivity index (χ2n) is 7.43. The van der Waals surface area contributed by atoms with Gasteiger partial charge in [0.25, 0.3) is 0 Å². The number of piperidine rings is 1. The van der Waals surface area contributed by atoms with Crippen LogP contribution in [0.4, 0.5) is 0 Å². The van der Waals surface area contributed by atoms with Crippen LogP contribution in [0.2, 0.25) is 0 Å². The smallest absolute Gasteiger partial charge is 0.238 e. The highest BCUT2D eigenvalue weighted by Crippen LogP contribution is 2.49. The molecule has 23 heavy (non-hydrogen) atoms. The molecular weight excluding hydrogens is 292 g/mol. The first kappa shape index (κ1) is 16.4. The molecule has 1 unspecified atom stereocenters. The summed E-state index contributed by atoms with van der Waals surface area (Å²) in [5.41, 5.74) is 0.212. The van der Waals surface area contributed by atoms with E-state index in [1.807, 2.05) is 18.7 Å². The average Bonchev–Trinajstić information content (AvgIpc) is 3.12. The van der Waals surface area contributed by atoms with Gasteiger partial charge in [0.15, 0.2) is 0 Å². The second-order valence-corrected chi connectivity index (χ2v) is 7.43. The van der Waals surface area contributed by atoms with Crippen molar-refractivity contribution in [1.82, 2.24) is 20.0 Å². The van der Waals surface area contributed by atoms with Crippen LogP contribution in [-0.4, -0.2) is 52.1 Å². The van der Waals surface area contributed by atoms with Gasteiger partial charge >= 0.3 is 0 Å². The van der Waals surface area contributed by atoms with Gasteiger partial charge in [-0.1, -0.05) is 20.8 Å². The number of hydrogen-bond acceptors (Lipinski definition) is 5. The van der Waals surface area contributed by atoms with Gasteiger partial charge in [-0.05, 0) is 44.3 Å². The van der Waals surface area contributed by atoms with Crippen molar-refractivity contribution in [1.29, 1.82) is 0 Å². The Bertz CT molecular complexity index is 561. The maximum atomic E-state index is 12.7. The molecule has 3 rings (SSSR count). The third kappa shape index (κ3) is 3.13. The number of carbonyl (C=O) groups is 1. The van der Waals surface area contributed by atoms with E-state index in [4.69, 9.17) is 4.42 Å². The number of amides is 1. The summed E-state index contributed by atoms with van der Waals surface area (Å²) in [4.78, 5) is 17.2. The predicted molar refractivity (Wildman–Crippen MR) is 86.7 cm³/mol. The third-order valence-corrected chi connectivity index (χ3v) is 5.48. The lowest BCUT2D eigenvalue weighted by Crippen LogP contribution is -2.42. The molecule has 2 fully saturated rings. The molecule has 0 aromatic carbocycles. The Labute approximate surface area is 138 Å². The molecule has 3 heterocycles. The number of aromatic nitrogens is 2. The molecule has 0 saturated carbocycles. The van der Waals surface area contributed by atoms with Crippen molar-refractivity contribution in [3.63, 3.8) is 0 Å². The van der Waals surface area contributed by atoms with Crippen LogP contribution in [0.25, 0.3) is 0 Å². The van der Waals surface area contributed by atoms with Crippen LogP contribution in [0.15, 0.2) is 4.42 Å².